The topological polar surface area (TPSA) is 83.9 Å². The summed E-state index contributed by atoms with van der Waals surface area (Å²) in [7, 11) is -2.56. The average molecular weight is 315 g/mol. The molecule has 0 spiro atoms. The van der Waals surface area contributed by atoms with Gasteiger partial charge in [0.15, 0.2) is 0 Å². The van der Waals surface area contributed by atoms with Gasteiger partial charge < -0.3 is 9.84 Å². The molecule has 0 saturated heterocycles. The van der Waals surface area contributed by atoms with Gasteiger partial charge in [-0.25, -0.2) is 8.42 Å². The van der Waals surface area contributed by atoms with E-state index in [2.05, 4.69) is 0 Å². The summed E-state index contributed by atoms with van der Waals surface area (Å²) < 4.78 is 31.7. The van der Waals surface area contributed by atoms with Crippen molar-refractivity contribution in [3.63, 3.8) is 0 Å². The zero-order valence-electron chi connectivity index (χ0n) is 12.7. The summed E-state index contributed by atoms with van der Waals surface area (Å²) in [4.78, 5) is 11.0. The highest BCUT2D eigenvalue weighted by molar-refractivity contribution is 7.89. The molecule has 0 aliphatic heterocycles. The molecule has 0 heterocycles. The number of aliphatic carboxylic acids is 1. The number of ether oxygens (including phenoxy) is 1. The predicted octanol–water partition coefficient (Wildman–Crippen LogP) is 1.88. The van der Waals surface area contributed by atoms with E-state index in [1.807, 2.05) is 6.92 Å². The van der Waals surface area contributed by atoms with Crippen molar-refractivity contribution in [2.75, 3.05) is 13.7 Å². The molecule has 1 aromatic carbocycles. The number of benzene rings is 1. The minimum atomic E-state index is -3.95. The molecule has 0 aliphatic rings. The summed E-state index contributed by atoms with van der Waals surface area (Å²) in [5.41, 5.74) is 0.758. The first-order chi connectivity index (χ1) is 9.73. The van der Waals surface area contributed by atoms with Crippen LogP contribution in [0.3, 0.4) is 0 Å². The molecule has 1 aromatic rings. The maximum Gasteiger partial charge on any atom is 0.318 e. The number of carboxylic acids is 1. The summed E-state index contributed by atoms with van der Waals surface area (Å²) in [6.45, 7) is 4.68. The molecule has 0 amide bonds. The SMILES string of the molecule is CCC(C)N(CC(=O)O)S(=O)(=O)c1cc(C)ccc1OC. The Morgan fingerprint density at radius 1 is 1.43 bits per heavy atom. The van der Waals surface area contributed by atoms with Crippen LogP contribution < -0.4 is 4.74 Å². The van der Waals surface area contributed by atoms with E-state index in [0.29, 0.717) is 6.42 Å². The number of carboxylic acid groups (broad SMARTS) is 1. The van der Waals surface area contributed by atoms with E-state index in [1.165, 1.54) is 13.2 Å². The van der Waals surface area contributed by atoms with E-state index in [-0.39, 0.29) is 10.6 Å². The van der Waals surface area contributed by atoms with Crippen molar-refractivity contribution in [3.05, 3.63) is 23.8 Å². The van der Waals surface area contributed by atoms with Gasteiger partial charge in [0.25, 0.3) is 0 Å². The zero-order chi connectivity index (χ0) is 16.2. The largest absolute Gasteiger partial charge is 0.495 e. The number of hydrogen-bond acceptors (Lipinski definition) is 4. The Kier molecular flexibility index (Phi) is 5.74. The van der Waals surface area contributed by atoms with Crippen molar-refractivity contribution < 1.29 is 23.1 Å². The lowest BCUT2D eigenvalue weighted by atomic mass is 10.2. The highest BCUT2D eigenvalue weighted by Crippen LogP contribution is 2.29. The molecule has 0 saturated carbocycles. The van der Waals surface area contributed by atoms with Crippen molar-refractivity contribution in [2.45, 2.75) is 38.1 Å². The molecule has 118 valence electrons. The second kappa shape index (κ2) is 6.91. The first kappa shape index (κ1) is 17.5. The minimum absolute atomic E-state index is 0.00782. The third-order valence-corrected chi connectivity index (χ3v) is 5.26. The fourth-order valence-electron chi connectivity index (χ4n) is 1.93. The molecule has 6 nitrogen and oxygen atoms in total. The maximum atomic E-state index is 12.8. The number of sulfonamides is 1. The Hall–Kier alpha value is -1.60. The summed E-state index contributed by atoms with van der Waals surface area (Å²) >= 11 is 0. The van der Waals surface area contributed by atoms with Gasteiger partial charge >= 0.3 is 5.97 Å². The molecular formula is C14H21NO5S. The van der Waals surface area contributed by atoms with E-state index in [9.17, 15) is 13.2 Å². The van der Waals surface area contributed by atoms with Gasteiger partial charge in [-0.05, 0) is 38.0 Å². The predicted molar refractivity (Wildman–Crippen MR) is 79.0 cm³/mol. The molecule has 0 radical (unpaired) electrons. The summed E-state index contributed by atoms with van der Waals surface area (Å²) in [5.74, 6) is -0.982. The Balaban J connectivity index is 3.41. The molecular weight excluding hydrogens is 294 g/mol. The molecule has 0 bridgehead atoms. The average Bonchev–Trinajstić information content (AvgIpc) is 2.43. The number of rotatable bonds is 7. The molecule has 7 heteroatoms. The van der Waals surface area contributed by atoms with Crippen LogP contribution in [0, 0.1) is 6.92 Å². The van der Waals surface area contributed by atoms with Gasteiger partial charge in [-0.3, -0.25) is 4.79 Å². The summed E-state index contributed by atoms with van der Waals surface area (Å²) in [6, 6.07) is 4.38. The van der Waals surface area contributed by atoms with Gasteiger partial charge in [0, 0.05) is 6.04 Å². The second-order valence-electron chi connectivity index (χ2n) is 4.86. The van der Waals surface area contributed by atoms with Gasteiger partial charge in [0.1, 0.15) is 17.2 Å². The lowest BCUT2D eigenvalue weighted by Crippen LogP contribution is -2.41. The maximum absolute atomic E-state index is 12.8. The van der Waals surface area contributed by atoms with Crippen LogP contribution in [-0.4, -0.2) is 43.5 Å². The Bertz CT molecular complexity index is 612. The van der Waals surface area contributed by atoms with Crippen molar-refractivity contribution in [1.82, 2.24) is 4.31 Å². The molecule has 1 N–H and O–H groups in total. The van der Waals surface area contributed by atoms with Crippen LogP contribution in [0.1, 0.15) is 25.8 Å². The number of aryl methyl sites for hydroxylation is 1. The van der Waals surface area contributed by atoms with Crippen LogP contribution in [0.2, 0.25) is 0 Å². The number of nitrogens with zero attached hydrogens (tertiary/aromatic N) is 1. The quantitative estimate of drug-likeness (QED) is 0.830. The van der Waals surface area contributed by atoms with Gasteiger partial charge in [0.2, 0.25) is 10.0 Å². The standard InChI is InChI=1S/C14H21NO5S/c1-5-11(3)15(9-14(16)17)21(18,19)13-8-10(2)6-7-12(13)20-4/h6-8,11H,5,9H2,1-4H3,(H,16,17). The van der Waals surface area contributed by atoms with E-state index < -0.39 is 28.6 Å². The van der Waals surface area contributed by atoms with Crippen LogP contribution in [0.25, 0.3) is 0 Å². The number of hydrogen-bond donors (Lipinski definition) is 1. The lowest BCUT2D eigenvalue weighted by molar-refractivity contribution is -0.137. The molecule has 1 rings (SSSR count). The fourth-order valence-corrected chi connectivity index (χ4v) is 3.82. The monoisotopic (exact) mass is 315 g/mol. The lowest BCUT2D eigenvalue weighted by Gasteiger charge is -2.26. The Labute approximate surface area is 125 Å². The van der Waals surface area contributed by atoms with Crippen LogP contribution in [0.15, 0.2) is 23.1 Å². The first-order valence-corrected chi connectivity index (χ1v) is 8.06. The van der Waals surface area contributed by atoms with E-state index in [1.54, 1.807) is 26.0 Å². The Morgan fingerprint density at radius 3 is 2.52 bits per heavy atom. The van der Waals surface area contributed by atoms with Crippen LogP contribution in [0.4, 0.5) is 0 Å². The van der Waals surface area contributed by atoms with Crippen LogP contribution in [-0.2, 0) is 14.8 Å². The number of carbonyl (C=O) groups is 1. The molecule has 0 aromatic heterocycles. The first-order valence-electron chi connectivity index (χ1n) is 6.62. The van der Waals surface area contributed by atoms with E-state index in [0.717, 1.165) is 9.87 Å². The van der Waals surface area contributed by atoms with Crippen molar-refractivity contribution in [3.8, 4) is 5.75 Å². The van der Waals surface area contributed by atoms with Crippen LogP contribution >= 0.6 is 0 Å². The summed E-state index contributed by atoms with van der Waals surface area (Å²) in [5, 5.41) is 8.98. The third-order valence-electron chi connectivity index (χ3n) is 3.28. The van der Waals surface area contributed by atoms with Gasteiger partial charge in [0.05, 0.1) is 7.11 Å². The highest BCUT2D eigenvalue weighted by atomic mass is 32.2. The highest BCUT2D eigenvalue weighted by Gasteiger charge is 2.32. The van der Waals surface area contributed by atoms with Gasteiger partial charge in [-0.15, -0.1) is 0 Å². The normalized spacial score (nSPS) is 13.2. The molecule has 0 aliphatic carbocycles. The van der Waals surface area contributed by atoms with Gasteiger partial charge in [-0.1, -0.05) is 13.0 Å². The van der Waals surface area contributed by atoms with Gasteiger partial charge in [-0.2, -0.15) is 4.31 Å². The van der Waals surface area contributed by atoms with Crippen molar-refractivity contribution in [2.24, 2.45) is 0 Å². The van der Waals surface area contributed by atoms with Crippen molar-refractivity contribution >= 4 is 16.0 Å². The minimum Gasteiger partial charge on any atom is -0.495 e. The Morgan fingerprint density at radius 2 is 2.05 bits per heavy atom. The number of methoxy groups -OCH3 is 1. The molecule has 21 heavy (non-hydrogen) atoms. The molecule has 1 atom stereocenters. The molecule has 1 unspecified atom stereocenters. The van der Waals surface area contributed by atoms with Crippen molar-refractivity contribution in [1.29, 1.82) is 0 Å². The fraction of sp³-hybridized carbons (Fsp3) is 0.500. The van der Waals surface area contributed by atoms with E-state index >= 15 is 0 Å². The van der Waals surface area contributed by atoms with E-state index in [4.69, 9.17) is 9.84 Å². The molecule has 0 fully saturated rings. The smallest absolute Gasteiger partial charge is 0.318 e. The zero-order valence-corrected chi connectivity index (χ0v) is 13.5. The second-order valence-corrected chi connectivity index (χ2v) is 6.71. The third kappa shape index (κ3) is 3.95. The van der Waals surface area contributed by atoms with Crippen LogP contribution in [0.5, 0.6) is 5.75 Å². The summed E-state index contributed by atoms with van der Waals surface area (Å²) in [6.07, 6.45) is 0.515.